The number of carbonyl (C=O) groups is 1. The van der Waals surface area contributed by atoms with Crippen LogP contribution in [0.1, 0.15) is 25.4 Å². The van der Waals surface area contributed by atoms with Gasteiger partial charge in [0.15, 0.2) is 0 Å². The zero-order chi connectivity index (χ0) is 23.9. The molecule has 2 aromatic heterocycles. The maximum absolute atomic E-state index is 13.5. The number of hydrogen-bond donors (Lipinski definition) is 2. The predicted molar refractivity (Wildman–Crippen MR) is 136 cm³/mol. The van der Waals surface area contributed by atoms with E-state index in [1.54, 1.807) is 0 Å². The van der Waals surface area contributed by atoms with Crippen molar-refractivity contribution in [2.75, 3.05) is 25.0 Å². The van der Waals surface area contributed by atoms with E-state index in [1.807, 2.05) is 42.5 Å². The molecular weight excluding hydrogens is 440 g/mol. The summed E-state index contributed by atoms with van der Waals surface area (Å²) in [5.41, 5.74) is 1.80. The van der Waals surface area contributed by atoms with Crippen molar-refractivity contribution in [3.63, 3.8) is 0 Å². The second kappa shape index (κ2) is 8.94. The fourth-order valence-electron chi connectivity index (χ4n) is 5.11. The molecule has 8 heteroatoms. The van der Waals surface area contributed by atoms with Crippen molar-refractivity contribution >= 4 is 33.6 Å². The number of furan rings is 1. The molecule has 4 heterocycles. The van der Waals surface area contributed by atoms with Gasteiger partial charge >= 0.3 is 0 Å². The number of nitrogens with one attached hydrogen (secondary N) is 2. The normalized spacial score (nSPS) is 21.6. The average molecular weight is 471 g/mol. The standard InChI is InChI=1S/C27H30N6O2/c1-17(2)25-27(34)30-24-16-32(14-19-13-18-7-3-6-10-22(18)35-19)11-12-33(24)15-23-28-21-9-5-4-8-20(21)26(29-23)31-25/h3-10,13,17,24-25H,11-12,14-16H2,1-2H3,(H,30,34)(H,28,29,31)/t24?,25-/m0/s1. The molecule has 2 aliphatic rings. The summed E-state index contributed by atoms with van der Waals surface area (Å²) in [6.07, 6.45) is -0.139. The van der Waals surface area contributed by atoms with Crippen LogP contribution in [0.2, 0.25) is 0 Å². The first-order chi connectivity index (χ1) is 17.0. The van der Waals surface area contributed by atoms with Gasteiger partial charge in [-0.05, 0) is 30.2 Å². The third-order valence-electron chi connectivity index (χ3n) is 6.98. The summed E-state index contributed by atoms with van der Waals surface area (Å²) >= 11 is 0. The van der Waals surface area contributed by atoms with Gasteiger partial charge in [-0.3, -0.25) is 14.6 Å². The highest BCUT2D eigenvalue weighted by Crippen LogP contribution is 2.25. The number of carbonyl (C=O) groups excluding carboxylic acids is 1. The highest BCUT2D eigenvalue weighted by Gasteiger charge is 2.33. The summed E-state index contributed by atoms with van der Waals surface area (Å²) in [7, 11) is 0. The molecule has 2 aromatic carbocycles. The molecule has 6 rings (SSSR count). The molecule has 0 spiro atoms. The van der Waals surface area contributed by atoms with E-state index in [0.29, 0.717) is 19.6 Å². The lowest BCUT2D eigenvalue weighted by molar-refractivity contribution is -0.125. The van der Waals surface area contributed by atoms with Crippen molar-refractivity contribution < 1.29 is 9.21 Å². The minimum absolute atomic E-state index is 0.00766. The molecule has 1 fully saturated rings. The van der Waals surface area contributed by atoms with Crippen LogP contribution < -0.4 is 10.6 Å². The molecule has 0 aliphatic carbocycles. The van der Waals surface area contributed by atoms with E-state index in [4.69, 9.17) is 14.4 Å². The number of rotatable bonds is 3. The molecule has 2 bridgehead atoms. The van der Waals surface area contributed by atoms with Crippen LogP contribution in [0.3, 0.4) is 0 Å². The number of aromatic nitrogens is 2. The van der Waals surface area contributed by atoms with E-state index in [2.05, 4.69) is 46.4 Å². The first-order valence-corrected chi connectivity index (χ1v) is 12.3. The average Bonchev–Trinajstić information content (AvgIpc) is 3.25. The summed E-state index contributed by atoms with van der Waals surface area (Å²) in [5.74, 6) is 2.51. The Kier molecular flexibility index (Phi) is 5.62. The predicted octanol–water partition coefficient (Wildman–Crippen LogP) is 3.59. The van der Waals surface area contributed by atoms with Gasteiger partial charge in [0.25, 0.3) is 0 Å². The molecule has 2 atom stereocenters. The largest absolute Gasteiger partial charge is 0.460 e. The molecule has 180 valence electrons. The number of hydrogen-bond acceptors (Lipinski definition) is 7. The zero-order valence-electron chi connectivity index (χ0n) is 20.1. The van der Waals surface area contributed by atoms with Crippen LogP contribution in [0.5, 0.6) is 0 Å². The van der Waals surface area contributed by atoms with Crippen LogP contribution in [0.15, 0.2) is 59.0 Å². The Morgan fingerprint density at radius 1 is 1.06 bits per heavy atom. The minimum atomic E-state index is -0.396. The van der Waals surface area contributed by atoms with Crippen LogP contribution in [-0.4, -0.2) is 57.5 Å². The van der Waals surface area contributed by atoms with Crippen LogP contribution in [0.4, 0.5) is 5.82 Å². The van der Waals surface area contributed by atoms with Gasteiger partial charge in [-0.15, -0.1) is 0 Å². The highest BCUT2D eigenvalue weighted by atomic mass is 16.3. The van der Waals surface area contributed by atoms with E-state index in [0.717, 1.165) is 52.4 Å². The lowest BCUT2D eigenvalue weighted by atomic mass is 10.0. The third kappa shape index (κ3) is 4.35. The molecule has 1 unspecified atom stereocenters. The summed E-state index contributed by atoms with van der Waals surface area (Å²) in [6, 6.07) is 17.8. The molecule has 2 N–H and O–H groups in total. The summed E-state index contributed by atoms with van der Waals surface area (Å²) in [4.78, 5) is 27.8. The topological polar surface area (TPSA) is 86.5 Å². The molecule has 0 saturated carbocycles. The van der Waals surface area contributed by atoms with Crippen LogP contribution >= 0.6 is 0 Å². The lowest BCUT2D eigenvalue weighted by Gasteiger charge is -2.42. The van der Waals surface area contributed by atoms with E-state index in [9.17, 15) is 4.79 Å². The fourth-order valence-corrected chi connectivity index (χ4v) is 5.11. The SMILES string of the molecule is CC(C)[C@@H]1Nc2nc(nc3ccccc23)CN2CCN(Cc3cc4ccccc4o3)CC2NC1=O. The second-order valence-corrected chi connectivity index (χ2v) is 9.85. The monoisotopic (exact) mass is 470 g/mol. The number of fused-ring (bicyclic) bond motifs is 6. The molecule has 4 aromatic rings. The van der Waals surface area contributed by atoms with E-state index in [1.165, 1.54) is 0 Å². The van der Waals surface area contributed by atoms with Gasteiger partial charge in [-0.25, -0.2) is 9.97 Å². The summed E-state index contributed by atoms with van der Waals surface area (Å²) < 4.78 is 6.06. The maximum atomic E-state index is 13.5. The van der Waals surface area contributed by atoms with Crippen molar-refractivity contribution in [2.45, 2.75) is 39.1 Å². The van der Waals surface area contributed by atoms with Gasteiger partial charge in [0.2, 0.25) is 5.91 Å². The summed E-state index contributed by atoms with van der Waals surface area (Å²) in [6.45, 7) is 7.77. The molecule has 35 heavy (non-hydrogen) atoms. The number of amides is 1. The van der Waals surface area contributed by atoms with Gasteiger partial charge in [-0.1, -0.05) is 44.2 Å². The van der Waals surface area contributed by atoms with Crippen LogP contribution in [0.25, 0.3) is 21.9 Å². The molecule has 1 amide bonds. The molecular formula is C27H30N6O2. The molecule has 8 nitrogen and oxygen atoms in total. The zero-order valence-corrected chi connectivity index (χ0v) is 20.1. The van der Waals surface area contributed by atoms with Gasteiger partial charge in [0.1, 0.15) is 29.0 Å². The number of piperazine rings is 1. The van der Waals surface area contributed by atoms with Crippen molar-refractivity contribution in [1.82, 2.24) is 25.1 Å². The molecule has 1 saturated heterocycles. The second-order valence-electron chi connectivity index (χ2n) is 9.85. The van der Waals surface area contributed by atoms with Gasteiger partial charge in [0, 0.05) is 30.4 Å². The smallest absolute Gasteiger partial charge is 0.244 e. The summed E-state index contributed by atoms with van der Waals surface area (Å²) in [5, 5.41) is 8.80. The van der Waals surface area contributed by atoms with Crippen molar-refractivity contribution in [3.05, 3.63) is 66.2 Å². The Morgan fingerprint density at radius 2 is 1.89 bits per heavy atom. The van der Waals surface area contributed by atoms with E-state index >= 15 is 0 Å². The maximum Gasteiger partial charge on any atom is 0.244 e. The number of para-hydroxylation sites is 2. The Balaban J connectivity index is 1.29. The minimum Gasteiger partial charge on any atom is -0.460 e. The lowest BCUT2D eigenvalue weighted by Crippen LogP contribution is -2.62. The van der Waals surface area contributed by atoms with Crippen molar-refractivity contribution in [1.29, 1.82) is 0 Å². The Labute approximate surface area is 204 Å². The first kappa shape index (κ1) is 22.0. The van der Waals surface area contributed by atoms with Gasteiger partial charge in [0.05, 0.1) is 24.8 Å². The molecule has 2 aliphatic heterocycles. The number of nitrogens with zero attached hydrogens (tertiary/aromatic N) is 4. The van der Waals surface area contributed by atoms with Crippen LogP contribution in [0, 0.1) is 5.92 Å². The highest BCUT2D eigenvalue weighted by molar-refractivity contribution is 5.92. The van der Waals surface area contributed by atoms with Gasteiger partial charge in [-0.2, -0.15) is 0 Å². The third-order valence-corrected chi connectivity index (χ3v) is 6.98. The van der Waals surface area contributed by atoms with Gasteiger partial charge < -0.3 is 15.1 Å². The number of anilines is 1. The fraction of sp³-hybridized carbons (Fsp3) is 0.370. The van der Waals surface area contributed by atoms with E-state index in [-0.39, 0.29) is 18.0 Å². The molecule has 0 radical (unpaired) electrons. The van der Waals surface area contributed by atoms with Crippen molar-refractivity contribution in [2.24, 2.45) is 5.92 Å². The van der Waals surface area contributed by atoms with Crippen LogP contribution in [-0.2, 0) is 17.9 Å². The quantitative estimate of drug-likeness (QED) is 0.473. The number of benzene rings is 2. The Bertz CT molecular complexity index is 1350. The van der Waals surface area contributed by atoms with Crippen molar-refractivity contribution in [3.8, 4) is 0 Å². The Hall–Kier alpha value is -3.49. The first-order valence-electron chi connectivity index (χ1n) is 12.3. The van der Waals surface area contributed by atoms with E-state index < -0.39 is 6.04 Å². The Morgan fingerprint density at radius 3 is 2.74 bits per heavy atom.